The third kappa shape index (κ3) is 1.70. The smallest absolute Gasteiger partial charge is 0.261 e. The highest BCUT2D eigenvalue weighted by Crippen LogP contribution is 2.27. The van der Waals surface area contributed by atoms with Crippen molar-refractivity contribution in [2.75, 3.05) is 6.54 Å². The van der Waals surface area contributed by atoms with Gasteiger partial charge < -0.3 is 0 Å². The average molecular weight is 212 g/mol. The van der Waals surface area contributed by atoms with Gasteiger partial charge in [-0.1, -0.05) is 0 Å². The van der Waals surface area contributed by atoms with E-state index >= 15 is 0 Å². The number of alkyl halides is 3. The van der Waals surface area contributed by atoms with Crippen LogP contribution < -0.4 is 0 Å². The molecule has 1 aliphatic rings. The second kappa shape index (κ2) is 3.31. The normalized spacial score (nSPS) is 21.9. The van der Waals surface area contributed by atoms with Crippen LogP contribution in [-0.2, 0) is 0 Å². The van der Waals surface area contributed by atoms with E-state index in [0.717, 1.165) is 5.01 Å². The molecular formula is C5H7F3N4O2. The summed E-state index contributed by atoms with van der Waals surface area (Å²) in [6.07, 6.45) is -6.36. The van der Waals surface area contributed by atoms with Crippen molar-refractivity contribution < 1.29 is 18.1 Å². The first-order valence-electron chi connectivity index (χ1n) is 3.67. The summed E-state index contributed by atoms with van der Waals surface area (Å²) < 4.78 is 36.6. The predicted molar refractivity (Wildman–Crippen MR) is 39.5 cm³/mol. The van der Waals surface area contributed by atoms with Crippen LogP contribution in [0.25, 0.3) is 0 Å². The molecule has 0 radical (unpaired) electrons. The molecule has 9 heteroatoms. The third-order valence-electron chi connectivity index (χ3n) is 1.65. The quantitative estimate of drug-likeness (QED) is 0.383. The molecule has 0 aromatic rings. The fraction of sp³-hybridized carbons (Fsp3) is 0.800. The maximum absolute atomic E-state index is 12.2. The van der Waals surface area contributed by atoms with Crippen LogP contribution in [0.5, 0.6) is 0 Å². The molecule has 80 valence electrons. The molecule has 1 heterocycles. The van der Waals surface area contributed by atoms with Gasteiger partial charge in [0.25, 0.3) is 0 Å². The van der Waals surface area contributed by atoms with Gasteiger partial charge in [-0.05, 0) is 6.92 Å². The fourth-order valence-electron chi connectivity index (χ4n) is 1.04. The highest BCUT2D eigenvalue weighted by molar-refractivity contribution is 5.57. The van der Waals surface area contributed by atoms with Crippen LogP contribution in [0.15, 0.2) is 5.10 Å². The number of nitro groups is 1. The zero-order valence-electron chi connectivity index (χ0n) is 7.10. The summed E-state index contributed by atoms with van der Waals surface area (Å²) in [5, 5.41) is 14.4. The largest absolute Gasteiger partial charge is 0.492 e. The Labute approximate surface area is 76.7 Å². The van der Waals surface area contributed by atoms with E-state index in [1.54, 1.807) is 0 Å². The van der Waals surface area contributed by atoms with Gasteiger partial charge in [0.1, 0.15) is 6.34 Å². The number of hydrogen-bond acceptors (Lipinski definition) is 5. The van der Waals surface area contributed by atoms with E-state index in [-0.39, 0.29) is 11.4 Å². The molecule has 14 heavy (non-hydrogen) atoms. The molecule has 6 nitrogen and oxygen atoms in total. The van der Waals surface area contributed by atoms with Gasteiger partial charge >= 0.3 is 12.6 Å². The van der Waals surface area contributed by atoms with Gasteiger partial charge in [-0.3, -0.25) is 10.1 Å². The van der Waals surface area contributed by atoms with Gasteiger partial charge in [0.15, 0.2) is 0 Å². The molecule has 0 N–H and O–H groups in total. The maximum atomic E-state index is 12.2. The average Bonchev–Trinajstić information content (AvgIpc) is 2.45. The summed E-state index contributed by atoms with van der Waals surface area (Å²) in [5.74, 6) is 0. The Balaban J connectivity index is 2.89. The molecular weight excluding hydrogens is 205 g/mol. The zero-order valence-corrected chi connectivity index (χ0v) is 7.10. The van der Waals surface area contributed by atoms with E-state index in [9.17, 15) is 23.3 Å². The lowest BCUT2D eigenvalue weighted by atomic mass is 10.6. The second-order valence-electron chi connectivity index (χ2n) is 2.49. The Bertz CT molecular complexity index is 266. The van der Waals surface area contributed by atoms with Crippen molar-refractivity contribution in [3.05, 3.63) is 10.1 Å². The van der Waals surface area contributed by atoms with E-state index in [2.05, 4.69) is 5.10 Å². The van der Waals surface area contributed by atoms with Crippen molar-refractivity contribution in [1.29, 1.82) is 0 Å². The number of rotatable bonds is 2. The van der Waals surface area contributed by atoms with Crippen LogP contribution in [0.3, 0.4) is 0 Å². The molecule has 0 bridgehead atoms. The Kier molecular flexibility index (Phi) is 2.49. The van der Waals surface area contributed by atoms with Gasteiger partial charge in [-0.15, -0.1) is 13.2 Å². The van der Waals surface area contributed by atoms with Crippen molar-refractivity contribution >= 4 is 6.34 Å². The monoisotopic (exact) mass is 212 g/mol. The van der Waals surface area contributed by atoms with Crippen LogP contribution in [0.1, 0.15) is 6.92 Å². The topological polar surface area (TPSA) is 62.0 Å². The van der Waals surface area contributed by atoms with Crippen LogP contribution in [0.4, 0.5) is 13.2 Å². The minimum Gasteiger partial charge on any atom is -0.261 e. The van der Waals surface area contributed by atoms with E-state index < -0.39 is 17.5 Å². The molecule has 1 atom stereocenters. The van der Waals surface area contributed by atoms with Crippen molar-refractivity contribution in [2.45, 2.75) is 19.5 Å². The summed E-state index contributed by atoms with van der Waals surface area (Å²) in [5.41, 5.74) is 0. The van der Waals surface area contributed by atoms with Crippen LogP contribution >= 0.6 is 0 Å². The van der Waals surface area contributed by atoms with Gasteiger partial charge in [-0.2, -0.15) is 10.0 Å². The lowest BCUT2D eigenvalue weighted by molar-refractivity contribution is -0.584. The highest BCUT2D eigenvalue weighted by atomic mass is 19.4. The van der Waals surface area contributed by atoms with E-state index in [4.69, 9.17) is 0 Å². The molecule has 0 saturated carbocycles. The zero-order chi connectivity index (χ0) is 10.9. The van der Waals surface area contributed by atoms with Crippen molar-refractivity contribution in [2.24, 2.45) is 5.10 Å². The number of hydrazone groups is 1. The summed E-state index contributed by atoms with van der Waals surface area (Å²) in [7, 11) is 0. The molecule has 0 amide bonds. The number of nitrogens with zero attached hydrogens (tertiary/aromatic N) is 4. The lowest BCUT2D eigenvalue weighted by Gasteiger charge is -2.23. The Hall–Kier alpha value is -1.54. The molecule has 0 fully saturated rings. The van der Waals surface area contributed by atoms with E-state index in [0.29, 0.717) is 6.34 Å². The Morgan fingerprint density at radius 3 is 2.57 bits per heavy atom. The minimum atomic E-state index is -4.79. The molecule has 0 aromatic heterocycles. The van der Waals surface area contributed by atoms with E-state index in [1.165, 1.54) is 6.92 Å². The Morgan fingerprint density at radius 1 is 1.64 bits per heavy atom. The summed E-state index contributed by atoms with van der Waals surface area (Å²) in [4.78, 5) is 8.98. The molecule has 1 rings (SSSR count). The standard InChI is InChI=1S/C5H7F3N4O2/c1-2-11-4(12(13)14)10(3-9-11)5(6,7)8/h3-4H,2H2,1H3. The molecule has 1 aliphatic heterocycles. The third-order valence-corrected chi connectivity index (χ3v) is 1.65. The highest BCUT2D eigenvalue weighted by Gasteiger charge is 2.51. The fourth-order valence-corrected chi connectivity index (χ4v) is 1.04. The van der Waals surface area contributed by atoms with Gasteiger partial charge in [0, 0.05) is 6.54 Å². The summed E-state index contributed by atoms with van der Waals surface area (Å²) >= 11 is 0. The Morgan fingerprint density at radius 2 is 2.21 bits per heavy atom. The second-order valence-corrected chi connectivity index (χ2v) is 2.49. The van der Waals surface area contributed by atoms with Crippen molar-refractivity contribution in [3.63, 3.8) is 0 Å². The van der Waals surface area contributed by atoms with Gasteiger partial charge in [-0.25, -0.2) is 5.01 Å². The van der Waals surface area contributed by atoms with Crippen LogP contribution in [0, 0.1) is 10.1 Å². The number of halogens is 3. The molecule has 0 aliphatic carbocycles. The molecule has 1 unspecified atom stereocenters. The minimum absolute atomic E-state index is 0.0364. The van der Waals surface area contributed by atoms with Gasteiger partial charge in [0.2, 0.25) is 0 Å². The lowest BCUT2D eigenvalue weighted by Crippen LogP contribution is -2.51. The van der Waals surface area contributed by atoms with Crippen LogP contribution in [-0.4, -0.2) is 40.3 Å². The first kappa shape index (κ1) is 10.5. The first-order chi connectivity index (χ1) is 6.38. The SMILES string of the molecule is CCN1N=CN(C(F)(F)F)C1[N+](=O)[O-]. The van der Waals surface area contributed by atoms with E-state index in [1.807, 2.05) is 0 Å². The predicted octanol–water partition coefficient (Wildman–Crippen LogP) is 0.647. The van der Waals surface area contributed by atoms with Crippen molar-refractivity contribution in [1.82, 2.24) is 9.91 Å². The number of hydrogen-bond donors (Lipinski definition) is 0. The first-order valence-corrected chi connectivity index (χ1v) is 3.67. The maximum Gasteiger partial charge on any atom is 0.492 e. The summed E-state index contributed by atoms with van der Waals surface area (Å²) in [6.45, 7) is 1.52. The van der Waals surface area contributed by atoms with Gasteiger partial charge in [0.05, 0.1) is 4.92 Å². The summed E-state index contributed by atoms with van der Waals surface area (Å²) in [6, 6.07) is 0. The molecule has 0 saturated heterocycles. The molecule has 0 spiro atoms. The van der Waals surface area contributed by atoms with Crippen LogP contribution in [0.2, 0.25) is 0 Å². The van der Waals surface area contributed by atoms with Crippen molar-refractivity contribution in [3.8, 4) is 0 Å². The molecule has 0 aromatic carbocycles.